The van der Waals surface area contributed by atoms with Gasteiger partial charge in [-0.2, -0.15) is 0 Å². The highest BCUT2D eigenvalue weighted by Crippen LogP contribution is 2.10. The summed E-state index contributed by atoms with van der Waals surface area (Å²) in [5, 5.41) is 14.8. The maximum Gasteiger partial charge on any atom is 0.414 e. The van der Waals surface area contributed by atoms with Crippen LogP contribution in [0.25, 0.3) is 0 Å². The van der Waals surface area contributed by atoms with Gasteiger partial charge in [-0.3, -0.25) is 9.59 Å². The molecule has 10 heteroatoms. The second-order valence-electron chi connectivity index (χ2n) is 4.35. The number of aliphatic carboxylic acids is 2. The fourth-order valence-electron chi connectivity index (χ4n) is 1.23. The zero-order valence-corrected chi connectivity index (χ0v) is 16.2. The summed E-state index contributed by atoms with van der Waals surface area (Å²) in [6.07, 6.45) is 0. The maximum absolute atomic E-state index is 10.5. The normalized spacial score (nSPS) is 8.85. The van der Waals surface area contributed by atoms with Gasteiger partial charge >= 0.3 is 11.9 Å². The van der Waals surface area contributed by atoms with E-state index in [0.29, 0.717) is 11.1 Å². The number of hydrogen-bond donors (Lipinski definition) is 4. The molecule has 0 aromatic heterocycles. The van der Waals surface area contributed by atoms with Gasteiger partial charge in [0.05, 0.1) is 0 Å². The Morgan fingerprint density at radius 2 is 0.846 bits per heavy atom. The average Bonchev–Trinajstić information content (AvgIpc) is 2.56. The molecule has 0 unspecified atom stereocenters. The van der Waals surface area contributed by atoms with Crippen LogP contribution in [0.3, 0.4) is 0 Å². The molecule has 0 saturated carbocycles. The van der Waals surface area contributed by atoms with E-state index in [1.165, 1.54) is 0 Å². The first kappa shape index (κ1) is 23.3. The van der Waals surface area contributed by atoms with Crippen LogP contribution in [-0.4, -0.2) is 34.0 Å². The van der Waals surface area contributed by atoms with Crippen LogP contribution in [0.15, 0.2) is 57.5 Å². The summed E-state index contributed by atoms with van der Waals surface area (Å²) in [6, 6.07) is 13.8. The first-order chi connectivity index (χ1) is 12.0. The number of benzene rings is 2. The van der Waals surface area contributed by atoms with E-state index in [1.807, 2.05) is 0 Å². The first-order valence-electron chi connectivity index (χ1n) is 6.61. The van der Waals surface area contributed by atoms with Crippen LogP contribution in [0.5, 0.6) is 0 Å². The highest BCUT2D eigenvalue weighted by Gasteiger charge is 2.04. The number of rotatable bonds is 2. The van der Waals surface area contributed by atoms with Gasteiger partial charge in [-0.05, 0) is 48.5 Å². The topological polar surface area (TPSA) is 161 Å². The first-order valence-corrected chi connectivity index (χ1v) is 8.20. The fourth-order valence-corrected chi connectivity index (χ4v) is 1.76. The Morgan fingerprint density at radius 3 is 1.00 bits per heavy atom. The standard InChI is InChI=1S/2C7H6BrNO.C2H2O4/c2*8-6-3-1-5(2-4-6)7(9)10;3-1(4)2(5)6/h2*1-4H,(H2,9,10);(H,3,4)(H,5,6). The lowest BCUT2D eigenvalue weighted by Gasteiger charge is -1.92. The van der Waals surface area contributed by atoms with Crippen molar-refractivity contribution in [2.75, 3.05) is 0 Å². The number of amides is 2. The Morgan fingerprint density at radius 1 is 0.615 bits per heavy atom. The maximum atomic E-state index is 10.5. The molecule has 6 N–H and O–H groups in total. The minimum atomic E-state index is -1.82. The van der Waals surface area contributed by atoms with E-state index in [0.717, 1.165) is 8.95 Å². The molecule has 0 aliphatic heterocycles. The summed E-state index contributed by atoms with van der Waals surface area (Å²) < 4.78 is 1.88. The Bertz CT molecular complexity index is 709. The van der Waals surface area contributed by atoms with Crippen LogP contribution in [-0.2, 0) is 9.59 Å². The molecule has 0 bridgehead atoms. The van der Waals surface area contributed by atoms with Crippen molar-refractivity contribution in [1.29, 1.82) is 0 Å². The van der Waals surface area contributed by atoms with E-state index in [1.54, 1.807) is 48.5 Å². The van der Waals surface area contributed by atoms with Crippen molar-refractivity contribution in [3.63, 3.8) is 0 Å². The quantitative estimate of drug-likeness (QED) is 0.473. The summed E-state index contributed by atoms with van der Waals surface area (Å²) >= 11 is 6.48. The van der Waals surface area contributed by atoms with Crippen LogP contribution in [0.2, 0.25) is 0 Å². The highest BCUT2D eigenvalue weighted by molar-refractivity contribution is 9.10. The molecule has 0 radical (unpaired) electrons. The minimum absolute atomic E-state index is 0.396. The third-order valence-corrected chi connectivity index (χ3v) is 3.50. The average molecular weight is 490 g/mol. The lowest BCUT2D eigenvalue weighted by Crippen LogP contribution is -2.10. The second kappa shape index (κ2) is 11.8. The Hall–Kier alpha value is -2.72. The van der Waals surface area contributed by atoms with E-state index in [9.17, 15) is 9.59 Å². The van der Waals surface area contributed by atoms with Crippen molar-refractivity contribution in [2.24, 2.45) is 11.5 Å². The number of carboxylic acid groups (broad SMARTS) is 2. The number of halogens is 2. The van der Waals surface area contributed by atoms with Gasteiger partial charge in [0.15, 0.2) is 0 Å². The van der Waals surface area contributed by atoms with Crippen LogP contribution in [0.4, 0.5) is 0 Å². The predicted octanol–water partition coefficient (Wildman–Crippen LogP) is 2.25. The second-order valence-corrected chi connectivity index (χ2v) is 6.18. The summed E-state index contributed by atoms with van der Waals surface area (Å²) in [5.74, 6) is -4.44. The molecule has 0 heterocycles. The lowest BCUT2D eigenvalue weighted by atomic mass is 10.2. The van der Waals surface area contributed by atoms with Gasteiger partial charge < -0.3 is 21.7 Å². The van der Waals surface area contributed by atoms with Crippen LogP contribution >= 0.6 is 31.9 Å². The summed E-state index contributed by atoms with van der Waals surface area (Å²) in [7, 11) is 0. The van der Waals surface area contributed by atoms with Crippen LogP contribution in [0.1, 0.15) is 20.7 Å². The van der Waals surface area contributed by atoms with Gasteiger partial charge in [-0.25, -0.2) is 9.59 Å². The summed E-state index contributed by atoms with van der Waals surface area (Å²) in [4.78, 5) is 39.2. The molecule has 26 heavy (non-hydrogen) atoms. The van der Waals surface area contributed by atoms with Gasteiger partial charge in [0, 0.05) is 20.1 Å². The third-order valence-electron chi connectivity index (χ3n) is 2.44. The number of carbonyl (C=O) groups excluding carboxylic acids is 2. The smallest absolute Gasteiger partial charge is 0.414 e. The molecule has 0 saturated heterocycles. The van der Waals surface area contributed by atoms with Crippen molar-refractivity contribution in [2.45, 2.75) is 0 Å². The molecule has 2 aromatic rings. The van der Waals surface area contributed by atoms with Crippen LogP contribution in [0, 0.1) is 0 Å². The third kappa shape index (κ3) is 10.2. The lowest BCUT2D eigenvalue weighted by molar-refractivity contribution is -0.159. The summed E-state index contributed by atoms with van der Waals surface area (Å²) in [6.45, 7) is 0. The van der Waals surface area contributed by atoms with Crippen molar-refractivity contribution in [1.82, 2.24) is 0 Å². The zero-order valence-electron chi connectivity index (χ0n) is 13.1. The molecule has 0 fully saturated rings. The molecule has 8 nitrogen and oxygen atoms in total. The number of nitrogens with two attached hydrogens (primary N) is 2. The fraction of sp³-hybridized carbons (Fsp3) is 0. The largest absolute Gasteiger partial charge is 0.473 e. The van der Waals surface area contributed by atoms with Crippen molar-refractivity contribution >= 4 is 55.6 Å². The Balaban J connectivity index is 0.000000375. The van der Waals surface area contributed by atoms with Crippen molar-refractivity contribution in [3.8, 4) is 0 Å². The van der Waals surface area contributed by atoms with Gasteiger partial charge in [0.25, 0.3) is 0 Å². The van der Waals surface area contributed by atoms with Gasteiger partial charge in [0.2, 0.25) is 11.8 Å². The Kier molecular flexibility index (Phi) is 10.5. The number of carbonyl (C=O) groups is 4. The molecule has 0 aliphatic rings. The highest BCUT2D eigenvalue weighted by atomic mass is 79.9. The van der Waals surface area contributed by atoms with E-state index in [4.69, 9.17) is 31.3 Å². The number of carboxylic acids is 2. The molecule has 2 rings (SSSR count). The molecule has 2 aromatic carbocycles. The number of primary amides is 2. The van der Waals surface area contributed by atoms with Crippen LogP contribution < -0.4 is 11.5 Å². The Labute approximate surface area is 165 Å². The monoisotopic (exact) mass is 488 g/mol. The molecule has 0 spiro atoms. The van der Waals surface area contributed by atoms with E-state index >= 15 is 0 Å². The van der Waals surface area contributed by atoms with Gasteiger partial charge in [-0.15, -0.1) is 0 Å². The minimum Gasteiger partial charge on any atom is -0.473 e. The van der Waals surface area contributed by atoms with E-state index in [2.05, 4.69) is 31.9 Å². The molecule has 0 aliphatic carbocycles. The van der Waals surface area contributed by atoms with E-state index < -0.39 is 23.8 Å². The molecular formula is C16H14Br2N2O6. The molecule has 0 atom stereocenters. The van der Waals surface area contributed by atoms with Crippen molar-refractivity contribution in [3.05, 3.63) is 68.6 Å². The van der Waals surface area contributed by atoms with E-state index in [-0.39, 0.29) is 0 Å². The SMILES string of the molecule is NC(=O)c1ccc(Br)cc1.NC(=O)c1ccc(Br)cc1.O=C(O)C(=O)O. The zero-order chi connectivity index (χ0) is 20.3. The van der Waals surface area contributed by atoms with Gasteiger partial charge in [-0.1, -0.05) is 31.9 Å². The van der Waals surface area contributed by atoms with Crippen molar-refractivity contribution < 1.29 is 29.4 Å². The predicted molar refractivity (Wildman–Crippen MR) is 101 cm³/mol. The molecular weight excluding hydrogens is 476 g/mol. The molecule has 2 amide bonds. The summed E-state index contributed by atoms with van der Waals surface area (Å²) in [5.41, 5.74) is 11.1. The molecule has 138 valence electrons. The number of hydrogen-bond acceptors (Lipinski definition) is 4. The van der Waals surface area contributed by atoms with Gasteiger partial charge in [0.1, 0.15) is 0 Å².